The smallest absolute Gasteiger partial charge is 0.319 e. The molecule has 0 aliphatic rings. The Bertz CT molecular complexity index is 664. The van der Waals surface area contributed by atoms with Crippen LogP contribution in [0.5, 0.6) is 11.5 Å². The summed E-state index contributed by atoms with van der Waals surface area (Å²) in [5.41, 5.74) is 0.696. The van der Waals surface area contributed by atoms with E-state index in [4.69, 9.17) is 9.47 Å². The number of urea groups is 1. The van der Waals surface area contributed by atoms with Gasteiger partial charge >= 0.3 is 6.03 Å². The fourth-order valence-corrected chi connectivity index (χ4v) is 1.80. The van der Waals surface area contributed by atoms with Gasteiger partial charge in [-0.25, -0.2) is 9.18 Å². The van der Waals surface area contributed by atoms with Crippen molar-refractivity contribution in [2.24, 2.45) is 0 Å². The summed E-state index contributed by atoms with van der Waals surface area (Å²) in [6.07, 6.45) is 1.46. The summed E-state index contributed by atoms with van der Waals surface area (Å²) in [4.78, 5) is 15.7. The number of pyridine rings is 1. The molecule has 0 spiro atoms. The molecule has 7 heteroatoms. The SMILES string of the molecule is COc1ccc(NC(=O)NCc2ncccc2F)cc1OC. The number of carbonyl (C=O) groups is 1. The lowest BCUT2D eigenvalue weighted by Crippen LogP contribution is -2.28. The summed E-state index contributed by atoms with van der Waals surface area (Å²) < 4.78 is 23.6. The second-order valence-electron chi connectivity index (χ2n) is 4.31. The van der Waals surface area contributed by atoms with E-state index in [1.54, 1.807) is 18.2 Å². The summed E-state index contributed by atoms with van der Waals surface area (Å²) >= 11 is 0. The Morgan fingerprint density at radius 2 is 2.00 bits per heavy atom. The van der Waals surface area contributed by atoms with Crippen LogP contribution in [0, 0.1) is 5.82 Å². The van der Waals surface area contributed by atoms with Crippen LogP contribution in [-0.4, -0.2) is 25.2 Å². The number of aromatic nitrogens is 1. The number of nitrogens with zero attached hydrogens (tertiary/aromatic N) is 1. The Balaban J connectivity index is 1.96. The van der Waals surface area contributed by atoms with Gasteiger partial charge in [0.25, 0.3) is 0 Å². The number of hydrogen-bond donors (Lipinski definition) is 2. The third kappa shape index (κ3) is 3.85. The van der Waals surface area contributed by atoms with Gasteiger partial charge in [-0.05, 0) is 24.3 Å². The summed E-state index contributed by atoms with van der Waals surface area (Å²) in [7, 11) is 3.03. The van der Waals surface area contributed by atoms with Crippen molar-refractivity contribution in [3.05, 3.63) is 48.0 Å². The Morgan fingerprint density at radius 3 is 2.68 bits per heavy atom. The first kappa shape index (κ1) is 15.6. The van der Waals surface area contributed by atoms with Crippen LogP contribution in [0.1, 0.15) is 5.69 Å². The molecule has 22 heavy (non-hydrogen) atoms. The van der Waals surface area contributed by atoms with Crippen molar-refractivity contribution in [2.45, 2.75) is 6.54 Å². The van der Waals surface area contributed by atoms with Crippen molar-refractivity contribution >= 4 is 11.7 Å². The summed E-state index contributed by atoms with van der Waals surface area (Å²) in [5.74, 6) is 0.592. The van der Waals surface area contributed by atoms with Crippen LogP contribution in [0.15, 0.2) is 36.5 Å². The van der Waals surface area contributed by atoms with Crippen molar-refractivity contribution in [1.29, 1.82) is 0 Å². The van der Waals surface area contributed by atoms with E-state index in [1.165, 1.54) is 32.5 Å². The van der Waals surface area contributed by atoms with Gasteiger partial charge in [-0.3, -0.25) is 4.98 Å². The minimum absolute atomic E-state index is 0.00814. The number of ether oxygens (including phenoxy) is 2. The number of halogens is 1. The fourth-order valence-electron chi connectivity index (χ4n) is 1.80. The van der Waals surface area contributed by atoms with Gasteiger partial charge in [-0.2, -0.15) is 0 Å². The third-order valence-electron chi connectivity index (χ3n) is 2.89. The average molecular weight is 305 g/mol. The standard InChI is InChI=1S/C15H16FN3O3/c1-21-13-6-5-10(8-14(13)22-2)19-15(20)18-9-12-11(16)4-3-7-17-12/h3-8H,9H2,1-2H3,(H2,18,19,20). The number of carbonyl (C=O) groups excluding carboxylic acids is 1. The summed E-state index contributed by atoms with van der Waals surface area (Å²) in [6.45, 7) is -0.00814. The van der Waals surface area contributed by atoms with E-state index in [0.29, 0.717) is 17.2 Å². The monoisotopic (exact) mass is 305 g/mol. The van der Waals surface area contributed by atoms with Gasteiger partial charge in [0.2, 0.25) is 0 Å². The predicted octanol–water partition coefficient (Wildman–Crippen LogP) is 2.56. The first-order chi connectivity index (χ1) is 10.6. The van der Waals surface area contributed by atoms with Crippen molar-refractivity contribution in [3.8, 4) is 11.5 Å². The normalized spacial score (nSPS) is 9.95. The lowest BCUT2D eigenvalue weighted by Gasteiger charge is -2.11. The van der Waals surface area contributed by atoms with Gasteiger partial charge < -0.3 is 20.1 Å². The first-order valence-corrected chi connectivity index (χ1v) is 6.50. The second-order valence-corrected chi connectivity index (χ2v) is 4.31. The molecule has 116 valence electrons. The van der Waals surface area contributed by atoms with Crippen LogP contribution in [0.4, 0.5) is 14.9 Å². The Kier molecular flexibility index (Phi) is 5.13. The molecule has 1 aromatic carbocycles. The second kappa shape index (κ2) is 7.26. The van der Waals surface area contributed by atoms with E-state index in [1.807, 2.05) is 0 Å². The maximum Gasteiger partial charge on any atom is 0.319 e. The number of rotatable bonds is 5. The molecule has 0 atom stereocenters. The molecule has 2 rings (SSSR count). The highest BCUT2D eigenvalue weighted by Gasteiger charge is 2.08. The quantitative estimate of drug-likeness (QED) is 0.890. The number of benzene rings is 1. The maximum absolute atomic E-state index is 13.4. The van der Waals surface area contributed by atoms with Crippen LogP contribution >= 0.6 is 0 Å². The molecule has 0 saturated heterocycles. The molecule has 0 radical (unpaired) electrons. The molecule has 2 amide bonds. The Hall–Kier alpha value is -2.83. The van der Waals surface area contributed by atoms with E-state index in [-0.39, 0.29) is 12.2 Å². The van der Waals surface area contributed by atoms with Crippen LogP contribution in [0.3, 0.4) is 0 Å². The van der Waals surface area contributed by atoms with Gasteiger partial charge in [0.1, 0.15) is 5.82 Å². The molecule has 1 heterocycles. The third-order valence-corrected chi connectivity index (χ3v) is 2.89. The van der Waals surface area contributed by atoms with E-state index in [9.17, 15) is 9.18 Å². The topological polar surface area (TPSA) is 72.5 Å². The zero-order valence-electron chi connectivity index (χ0n) is 12.2. The van der Waals surface area contributed by atoms with Gasteiger partial charge in [-0.15, -0.1) is 0 Å². The molecule has 0 saturated carbocycles. The van der Waals surface area contributed by atoms with E-state index < -0.39 is 11.8 Å². The molecule has 0 aliphatic heterocycles. The molecule has 0 bridgehead atoms. The van der Waals surface area contributed by atoms with Gasteiger partial charge in [0, 0.05) is 18.0 Å². The highest BCUT2D eigenvalue weighted by Crippen LogP contribution is 2.29. The fraction of sp³-hybridized carbons (Fsp3) is 0.200. The van der Waals surface area contributed by atoms with Gasteiger partial charge in [0.15, 0.2) is 11.5 Å². The molecule has 2 N–H and O–H groups in total. The van der Waals surface area contributed by atoms with Crippen molar-refractivity contribution in [3.63, 3.8) is 0 Å². The molecule has 1 aromatic heterocycles. The van der Waals surface area contributed by atoms with Crippen molar-refractivity contribution < 1.29 is 18.7 Å². The number of amides is 2. The molecule has 0 aliphatic carbocycles. The zero-order chi connectivity index (χ0) is 15.9. The average Bonchev–Trinajstić information content (AvgIpc) is 2.54. The highest BCUT2D eigenvalue weighted by molar-refractivity contribution is 5.89. The van der Waals surface area contributed by atoms with E-state index >= 15 is 0 Å². The van der Waals surface area contributed by atoms with Crippen molar-refractivity contribution in [1.82, 2.24) is 10.3 Å². The van der Waals surface area contributed by atoms with Crippen LogP contribution in [-0.2, 0) is 6.54 Å². The molecule has 0 unspecified atom stereocenters. The molecule has 6 nitrogen and oxygen atoms in total. The Labute approximate surface area is 127 Å². The minimum Gasteiger partial charge on any atom is -0.493 e. The van der Waals surface area contributed by atoms with Gasteiger partial charge in [-0.1, -0.05) is 0 Å². The molecule has 0 fully saturated rings. The van der Waals surface area contributed by atoms with E-state index in [0.717, 1.165) is 0 Å². The number of methoxy groups -OCH3 is 2. The number of hydrogen-bond acceptors (Lipinski definition) is 4. The zero-order valence-corrected chi connectivity index (χ0v) is 12.2. The first-order valence-electron chi connectivity index (χ1n) is 6.50. The lowest BCUT2D eigenvalue weighted by atomic mass is 10.3. The largest absolute Gasteiger partial charge is 0.493 e. The van der Waals surface area contributed by atoms with Gasteiger partial charge in [0.05, 0.1) is 26.5 Å². The number of anilines is 1. The van der Waals surface area contributed by atoms with Crippen LogP contribution < -0.4 is 20.1 Å². The maximum atomic E-state index is 13.4. The highest BCUT2D eigenvalue weighted by atomic mass is 19.1. The van der Waals surface area contributed by atoms with Crippen LogP contribution in [0.2, 0.25) is 0 Å². The molecule has 2 aromatic rings. The summed E-state index contributed by atoms with van der Waals surface area (Å²) in [6, 6.07) is 7.27. The number of nitrogens with one attached hydrogen (secondary N) is 2. The predicted molar refractivity (Wildman–Crippen MR) is 79.6 cm³/mol. The molecular formula is C15H16FN3O3. The van der Waals surface area contributed by atoms with Crippen LogP contribution in [0.25, 0.3) is 0 Å². The lowest BCUT2D eigenvalue weighted by molar-refractivity contribution is 0.251. The molecular weight excluding hydrogens is 289 g/mol. The summed E-state index contributed by atoms with van der Waals surface area (Å²) in [5, 5.41) is 5.15. The van der Waals surface area contributed by atoms with Crippen molar-refractivity contribution in [2.75, 3.05) is 19.5 Å². The Morgan fingerprint density at radius 1 is 1.23 bits per heavy atom. The van der Waals surface area contributed by atoms with E-state index in [2.05, 4.69) is 15.6 Å². The minimum atomic E-state index is -0.475.